The van der Waals surface area contributed by atoms with Crippen molar-refractivity contribution in [1.82, 2.24) is 0 Å². The summed E-state index contributed by atoms with van der Waals surface area (Å²) < 4.78 is 0.918. The molecule has 2 aromatic carbocycles. The van der Waals surface area contributed by atoms with E-state index in [4.69, 9.17) is 11.6 Å². The molecule has 0 heterocycles. The predicted octanol–water partition coefficient (Wildman–Crippen LogP) is 5.49. The first-order valence-corrected chi connectivity index (χ1v) is 8.10. The Morgan fingerprint density at radius 2 is 1.81 bits per heavy atom. The molecule has 2 nitrogen and oxygen atoms in total. The molecule has 0 radical (unpaired) electrons. The van der Waals surface area contributed by atoms with Crippen LogP contribution in [0, 0.1) is 3.57 Å². The van der Waals surface area contributed by atoms with Crippen LogP contribution in [0.1, 0.15) is 36.7 Å². The van der Waals surface area contributed by atoms with Gasteiger partial charge in [-0.05, 0) is 57.8 Å². The summed E-state index contributed by atoms with van der Waals surface area (Å²) in [5.74, 6) is -0.0965. The molecule has 0 atom stereocenters. The Labute approximate surface area is 144 Å². The van der Waals surface area contributed by atoms with Crippen molar-refractivity contribution in [2.75, 3.05) is 5.32 Å². The van der Waals surface area contributed by atoms with Crippen molar-refractivity contribution < 1.29 is 4.79 Å². The fourth-order valence-electron chi connectivity index (χ4n) is 2.12. The van der Waals surface area contributed by atoms with Gasteiger partial charge < -0.3 is 5.32 Å². The molecule has 0 unspecified atom stereocenters. The van der Waals surface area contributed by atoms with E-state index in [0.717, 1.165) is 14.8 Å². The highest BCUT2D eigenvalue weighted by molar-refractivity contribution is 14.1. The molecule has 0 aromatic heterocycles. The first kappa shape index (κ1) is 16.3. The van der Waals surface area contributed by atoms with E-state index in [1.165, 1.54) is 0 Å². The van der Waals surface area contributed by atoms with Gasteiger partial charge in [0, 0.05) is 14.2 Å². The highest BCUT2D eigenvalue weighted by Gasteiger charge is 2.21. The minimum atomic E-state index is -0.0965. The SMILES string of the molecule is CC(C)(C)c1ccccc1C(=O)Nc1ccc(Cl)cc1I. The lowest BCUT2D eigenvalue weighted by Crippen LogP contribution is -2.21. The van der Waals surface area contributed by atoms with Gasteiger partial charge in [-0.15, -0.1) is 0 Å². The molecular formula is C17H17ClINO. The summed E-state index contributed by atoms with van der Waals surface area (Å²) >= 11 is 8.10. The summed E-state index contributed by atoms with van der Waals surface area (Å²) in [6.45, 7) is 6.31. The van der Waals surface area contributed by atoms with Crippen molar-refractivity contribution in [3.8, 4) is 0 Å². The van der Waals surface area contributed by atoms with Gasteiger partial charge in [0.25, 0.3) is 5.91 Å². The second-order valence-electron chi connectivity index (χ2n) is 5.87. The van der Waals surface area contributed by atoms with Gasteiger partial charge in [0.1, 0.15) is 0 Å². The van der Waals surface area contributed by atoms with Crippen molar-refractivity contribution in [2.45, 2.75) is 26.2 Å². The minimum Gasteiger partial charge on any atom is -0.321 e. The number of amides is 1. The van der Waals surface area contributed by atoms with Gasteiger partial charge in [0.05, 0.1) is 5.69 Å². The molecule has 21 heavy (non-hydrogen) atoms. The van der Waals surface area contributed by atoms with E-state index < -0.39 is 0 Å². The molecule has 1 amide bonds. The molecule has 0 fully saturated rings. The Balaban J connectivity index is 2.33. The van der Waals surface area contributed by atoms with Crippen LogP contribution in [0.25, 0.3) is 0 Å². The lowest BCUT2D eigenvalue weighted by atomic mass is 9.83. The maximum atomic E-state index is 12.6. The van der Waals surface area contributed by atoms with Crippen LogP contribution >= 0.6 is 34.2 Å². The third-order valence-electron chi connectivity index (χ3n) is 3.16. The van der Waals surface area contributed by atoms with Crippen molar-refractivity contribution in [2.24, 2.45) is 0 Å². The number of hydrogen-bond donors (Lipinski definition) is 1. The van der Waals surface area contributed by atoms with Crippen LogP contribution < -0.4 is 5.32 Å². The number of halogens is 2. The quantitative estimate of drug-likeness (QED) is 0.648. The first-order valence-electron chi connectivity index (χ1n) is 6.65. The van der Waals surface area contributed by atoms with E-state index in [2.05, 4.69) is 48.7 Å². The van der Waals surface area contributed by atoms with E-state index in [9.17, 15) is 4.79 Å². The molecule has 0 aliphatic heterocycles. The van der Waals surface area contributed by atoms with Crippen LogP contribution in [-0.4, -0.2) is 5.91 Å². The van der Waals surface area contributed by atoms with Gasteiger partial charge in [-0.2, -0.15) is 0 Å². The minimum absolute atomic E-state index is 0.0823. The van der Waals surface area contributed by atoms with Crippen LogP contribution in [0.2, 0.25) is 5.02 Å². The van der Waals surface area contributed by atoms with Crippen LogP contribution in [0.15, 0.2) is 42.5 Å². The summed E-state index contributed by atoms with van der Waals surface area (Å²) in [4.78, 5) is 12.6. The van der Waals surface area contributed by atoms with E-state index in [0.29, 0.717) is 10.6 Å². The van der Waals surface area contributed by atoms with Crippen molar-refractivity contribution in [3.63, 3.8) is 0 Å². The maximum absolute atomic E-state index is 12.6. The van der Waals surface area contributed by atoms with Crippen LogP contribution in [-0.2, 0) is 5.41 Å². The Kier molecular flexibility index (Phi) is 4.94. The number of anilines is 1. The van der Waals surface area contributed by atoms with E-state index in [-0.39, 0.29) is 11.3 Å². The molecule has 4 heteroatoms. The zero-order valence-corrected chi connectivity index (χ0v) is 15.1. The Morgan fingerprint density at radius 3 is 2.43 bits per heavy atom. The summed E-state index contributed by atoms with van der Waals surface area (Å²) in [6.07, 6.45) is 0. The van der Waals surface area contributed by atoms with Crippen LogP contribution in [0.3, 0.4) is 0 Å². The summed E-state index contributed by atoms with van der Waals surface area (Å²) in [6, 6.07) is 13.1. The van der Waals surface area contributed by atoms with Gasteiger partial charge in [-0.3, -0.25) is 4.79 Å². The van der Waals surface area contributed by atoms with E-state index in [1.807, 2.05) is 36.4 Å². The summed E-state index contributed by atoms with van der Waals surface area (Å²) in [5.41, 5.74) is 2.43. The van der Waals surface area contributed by atoms with Crippen LogP contribution in [0.4, 0.5) is 5.69 Å². The van der Waals surface area contributed by atoms with Crippen molar-refractivity contribution in [3.05, 3.63) is 62.2 Å². The molecule has 0 aliphatic rings. The highest BCUT2D eigenvalue weighted by Crippen LogP contribution is 2.27. The van der Waals surface area contributed by atoms with Gasteiger partial charge in [0.2, 0.25) is 0 Å². The second kappa shape index (κ2) is 6.36. The predicted molar refractivity (Wildman–Crippen MR) is 97.3 cm³/mol. The molecule has 0 saturated heterocycles. The Bertz CT molecular complexity index is 677. The largest absolute Gasteiger partial charge is 0.321 e. The van der Waals surface area contributed by atoms with Gasteiger partial charge >= 0.3 is 0 Å². The van der Waals surface area contributed by atoms with Crippen molar-refractivity contribution >= 4 is 45.8 Å². The molecule has 0 saturated carbocycles. The topological polar surface area (TPSA) is 29.1 Å². The third kappa shape index (κ3) is 3.98. The van der Waals surface area contributed by atoms with Gasteiger partial charge in [-0.25, -0.2) is 0 Å². The molecule has 0 spiro atoms. The molecular weight excluding hydrogens is 397 g/mol. The molecule has 0 bridgehead atoms. The average molecular weight is 414 g/mol. The molecule has 2 aromatic rings. The molecule has 1 N–H and O–H groups in total. The fourth-order valence-corrected chi connectivity index (χ4v) is 3.12. The maximum Gasteiger partial charge on any atom is 0.255 e. The average Bonchev–Trinajstić information content (AvgIpc) is 2.41. The monoisotopic (exact) mass is 413 g/mol. The second-order valence-corrected chi connectivity index (χ2v) is 7.47. The number of carbonyl (C=O) groups is 1. The van der Waals surface area contributed by atoms with Crippen molar-refractivity contribution in [1.29, 1.82) is 0 Å². The summed E-state index contributed by atoms with van der Waals surface area (Å²) in [5, 5.41) is 3.62. The van der Waals surface area contributed by atoms with Gasteiger partial charge in [0.15, 0.2) is 0 Å². The lowest BCUT2D eigenvalue weighted by Gasteiger charge is -2.22. The van der Waals surface area contributed by atoms with E-state index in [1.54, 1.807) is 6.07 Å². The lowest BCUT2D eigenvalue weighted by molar-refractivity contribution is 0.102. The molecule has 110 valence electrons. The zero-order chi connectivity index (χ0) is 15.6. The first-order chi connectivity index (χ1) is 9.79. The number of rotatable bonds is 2. The highest BCUT2D eigenvalue weighted by atomic mass is 127. The molecule has 0 aliphatic carbocycles. The third-order valence-corrected chi connectivity index (χ3v) is 4.29. The normalized spacial score (nSPS) is 11.3. The molecule has 2 rings (SSSR count). The Hall–Kier alpha value is -1.07. The summed E-state index contributed by atoms with van der Waals surface area (Å²) in [7, 11) is 0. The van der Waals surface area contributed by atoms with Crippen LogP contribution in [0.5, 0.6) is 0 Å². The number of hydrogen-bond acceptors (Lipinski definition) is 1. The number of carbonyl (C=O) groups excluding carboxylic acids is 1. The van der Waals surface area contributed by atoms with Gasteiger partial charge in [-0.1, -0.05) is 50.6 Å². The van der Waals surface area contributed by atoms with E-state index >= 15 is 0 Å². The number of nitrogens with one attached hydrogen (secondary N) is 1. The zero-order valence-electron chi connectivity index (χ0n) is 12.2. The fraction of sp³-hybridized carbons (Fsp3) is 0.235. The standard InChI is InChI=1S/C17H17ClINO/c1-17(2,3)13-7-5-4-6-12(13)16(21)20-15-9-8-11(18)10-14(15)19/h4-10H,1-3H3,(H,20,21). The number of benzene rings is 2. The Morgan fingerprint density at radius 1 is 1.14 bits per heavy atom. The smallest absolute Gasteiger partial charge is 0.255 e.